The third kappa shape index (κ3) is 5.38. The number of piperidine rings is 1. The molecule has 2 aliphatic heterocycles. The van der Waals surface area contributed by atoms with Gasteiger partial charge in [-0.3, -0.25) is 4.79 Å². The van der Waals surface area contributed by atoms with Crippen LogP contribution < -0.4 is 10.6 Å². The number of rotatable bonds is 5. The monoisotopic (exact) mass is 431 g/mol. The zero-order chi connectivity index (χ0) is 17.2. The Morgan fingerprint density at radius 3 is 2.63 bits per heavy atom. The number of fused-ring (bicyclic) bond motifs is 2. The molecule has 5 nitrogen and oxygen atoms in total. The van der Waals surface area contributed by atoms with E-state index in [1.54, 1.807) is 6.20 Å². The van der Waals surface area contributed by atoms with Gasteiger partial charge in [0.25, 0.3) is 0 Å². The number of hydrogen-bond acceptors (Lipinski definition) is 4. The molecule has 2 atom stereocenters. The molecule has 2 aromatic rings. The molecule has 0 saturated carbocycles. The lowest BCUT2D eigenvalue weighted by atomic mass is 9.99. The lowest BCUT2D eigenvalue weighted by Gasteiger charge is -2.29. The molecule has 1 aromatic carbocycles. The predicted octanol–water partition coefficient (Wildman–Crippen LogP) is 4.17. The van der Waals surface area contributed by atoms with Crippen molar-refractivity contribution in [1.82, 2.24) is 15.6 Å². The van der Waals surface area contributed by atoms with Gasteiger partial charge in [0.2, 0.25) is 5.91 Å². The average molecular weight is 433 g/mol. The fourth-order valence-electron chi connectivity index (χ4n) is 3.91. The van der Waals surface area contributed by atoms with Crippen LogP contribution in [0.5, 0.6) is 0 Å². The van der Waals surface area contributed by atoms with Crippen LogP contribution in [0.15, 0.2) is 34.9 Å². The Kier molecular flexibility index (Phi) is 7.98. The van der Waals surface area contributed by atoms with Crippen molar-refractivity contribution in [3.63, 3.8) is 0 Å². The summed E-state index contributed by atoms with van der Waals surface area (Å²) >= 11 is 6.18. The third-order valence-electron chi connectivity index (χ3n) is 5.10. The minimum absolute atomic E-state index is 0. The lowest BCUT2D eigenvalue weighted by molar-refractivity contribution is -0.122. The minimum Gasteiger partial charge on any atom is -0.441 e. The van der Waals surface area contributed by atoms with E-state index in [4.69, 9.17) is 16.0 Å². The highest BCUT2D eigenvalue weighted by molar-refractivity contribution is 6.33. The Hall–Kier alpha value is -1.27. The number of hydrogen-bond donors (Lipinski definition) is 2. The normalized spacial score (nSPS) is 23.2. The smallest absolute Gasteiger partial charge is 0.220 e. The van der Waals surface area contributed by atoms with Crippen LogP contribution in [-0.4, -0.2) is 29.0 Å². The maximum Gasteiger partial charge on any atom is 0.220 e. The first kappa shape index (κ1) is 22.0. The molecule has 27 heavy (non-hydrogen) atoms. The SMILES string of the molecule is Cl.Cl.O=C(CCc1ncc(-c2ccccc2Cl)o1)NC1CC2CCC(C1)N2. The molecule has 2 N–H and O–H groups in total. The molecule has 3 heterocycles. The number of oxazole rings is 1. The molecule has 0 spiro atoms. The van der Waals surface area contributed by atoms with Crippen molar-refractivity contribution < 1.29 is 9.21 Å². The van der Waals surface area contributed by atoms with Gasteiger partial charge >= 0.3 is 0 Å². The molecule has 2 saturated heterocycles. The molecule has 0 radical (unpaired) electrons. The number of nitrogens with zero attached hydrogens (tertiary/aromatic N) is 1. The van der Waals surface area contributed by atoms with Gasteiger partial charge < -0.3 is 15.1 Å². The standard InChI is InChI=1S/C19H22ClN3O2.2ClH/c20-16-4-2-1-3-15(16)17-11-21-19(25-17)8-7-18(24)23-14-9-12-5-6-13(10-14)22-12;;/h1-4,11-14,22H,5-10H2,(H,23,24);2*1H. The summed E-state index contributed by atoms with van der Waals surface area (Å²) in [6.07, 6.45) is 7.10. The Bertz CT molecular complexity index is 756. The van der Waals surface area contributed by atoms with Gasteiger partial charge in [-0.05, 0) is 37.8 Å². The van der Waals surface area contributed by atoms with Crippen molar-refractivity contribution >= 4 is 42.3 Å². The quantitative estimate of drug-likeness (QED) is 0.744. The van der Waals surface area contributed by atoms with Gasteiger partial charge in [-0.15, -0.1) is 24.8 Å². The van der Waals surface area contributed by atoms with E-state index in [-0.39, 0.29) is 30.7 Å². The van der Waals surface area contributed by atoms with Crippen molar-refractivity contribution in [2.24, 2.45) is 0 Å². The first-order valence-corrected chi connectivity index (χ1v) is 9.30. The maximum absolute atomic E-state index is 12.2. The number of benzene rings is 1. The fraction of sp³-hybridized carbons (Fsp3) is 0.474. The number of carbonyl (C=O) groups excluding carboxylic acids is 1. The van der Waals surface area contributed by atoms with Crippen molar-refractivity contribution in [3.8, 4) is 11.3 Å². The van der Waals surface area contributed by atoms with E-state index in [1.165, 1.54) is 12.8 Å². The van der Waals surface area contributed by atoms with Gasteiger partial charge in [-0.1, -0.05) is 23.7 Å². The molecule has 2 fully saturated rings. The van der Waals surface area contributed by atoms with Gasteiger partial charge in [0.15, 0.2) is 11.7 Å². The molecule has 2 unspecified atom stereocenters. The highest BCUT2D eigenvalue weighted by Crippen LogP contribution is 2.28. The largest absolute Gasteiger partial charge is 0.441 e. The van der Waals surface area contributed by atoms with Crippen molar-refractivity contribution in [1.29, 1.82) is 0 Å². The van der Waals surface area contributed by atoms with Crippen LogP contribution >= 0.6 is 36.4 Å². The lowest BCUT2D eigenvalue weighted by Crippen LogP contribution is -2.48. The Balaban J connectivity index is 0.00000131. The highest BCUT2D eigenvalue weighted by Gasteiger charge is 2.33. The van der Waals surface area contributed by atoms with Crippen LogP contribution in [0.3, 0.4) is 0 Å². The van der Waals surface area contributed by atoms with E-state index in [0.29, 0.717) is 47.6 Å². The number of aryl methyl sites for hydroxylation is 1. The highest BCUT2D eigenvalue weighted by atomic mass is 35.5. The molecule has 4 rings (SSSR count). The van der Waals surface area contributed by atoms with Crippen LogP contribution in [0.25, 0.3) is 11.3 Å². The van der Waals surface area contributed by atoms with Crippen molar-refractivity contribution in [3.05, 3.63) is 41.4 Å². The molecule has 2 aliphatic rings. The Morgan fingerprint density at radius 2 is 1.93 bits per heavy atom. The first-order chi connectivity index (χ1) is 12.2. The topological polar surface area (TPSA) is 67.2 Å². The molecule has 1 aromatic heterocycles. The zero-order valence-electron chi connectivity index (χ0n) is 14.8. The van der Waals surface area contributed by atoms with Gasteiger partial charge in [-0.2, -0.15) is 0 Å². The number of amides is 1. The fourth-order valence-corrected chi connectivity index (χ4v) is 4.14. The van der Waals surface area contributed by atoms with E-state index >= 15 is 0 Å². The number of halogens is 3. The summed E-state index contributed by atoms with van der Waals surface area (Å²) in [6, 6.07) is 8.95. The van der Waals surface area contributed by atoms with Gasteiger partial charge in [0.05, 0.1) is 11.2 Å². The van der Waals surface area contributed by atoms with E-state index in [1.807, 2.05) is 24.3 Å². The van der Waals surface area contributed by atoms with E-state index in [0.717, 1.165) is 18.4 Å². The molecule has 2 bridgehead atoms. The second-order valence-corrected chi connectivity index (χ2v) is 7.38. The zero-order valence-corrected chi connectivity index (χ0v) is 17.2. The van der Waals surface area contributed by atoms with E-state index in [9.17, 15) is 4.79 Å². The Morgan fingerprint density at radius 1 is 1.22 bits per heavy atom. The van der Waals surface area contributed by atoms with E-state index < -0.39 is 0 Å². The number of carbonyl (C=O) groups is 1. The molecule has 148 valence electrons. The summed E-state index contributed by atoms with van der Waals surface area (Å²) in [6.45, 7) is 0. The number of nitrogens with one attached hydrogen (secondary N) is 2. The molecule has 0 aliphatic carbocycles. The first-order valence-electron chi connectivity index (χ1n) is 8.92. The molecular formula is C19H24Cl3N3O2. The van der Waals surface area contributed by atoms with E-state index in [2.05, 4.69) is 15.6 Å². The third-order valence-corrected chi connectivity index (χ3v) is 5.43. The van der Waals surface area contributed by atoms with Gasteiger partial charge in [0, 0.05) is 36.5 Å². The second-order valence-electron chi connectivity index (χ2n) is 6.97. The molecular weight excluding hydrogens is 409 g/mol. The van der Waals surface area contributed by atoms with Gasteiger partial charge in [0.1, 0.15) is 0 Å². The summed E-state index contributed by atoms with van der Waals surface area (Å²) in [5.74, 6) is 1.27. The van der Waals surface area contributed by atoms with Crippen LogP contribution in [0.1, 0.15) is 38.0 Å². The summed E-state index contributed by atoms with van der Waals surface area (Å²) < 4.78 is 5.75. The molecule has 1 amide bonds. The maximum atomic E-state index is 12.2. The summed E-state index contributed by atoms with van der Waals surface area (Å²) in [5, 5.41) is 7.38. The van der Waals surface area contributed by atoms with Crippen LogP contribution in [0.2, 0.25) is 5.02 Å². The van der Waals surface area contributed by atoms with Crippen LogP contribution in [-0.2, 0) is 11.2 Å². The van der Waals surface area contributed by atoms with Crippen LogP contribution in [0.4, 0.5) is 0 Å². The van der Waals surface area contributed by atoms with Crippen LogP contribution in [0, 0.1) is 0 Å². The number of aromatic nitrogens is 1. The Labute approximate surface area is 176 Å². The van der Waals surface area contributed by atoms with Crippen molar-refractivity contribution in [2.45, 2.75) is 56.7 Å². The minimum atomic E-state index is 0. The predicted molar refractivity (Wildman–Crippen MR) is 111 cm³/mol. The summed E-state index contributed by atoms with van der Waals surface area (Å²) in [7, 11) is 0. The average Bonchev–Trinajstić information content (AvgIpc) is 3.20. The summed E-state index contributed by atoms with van der Waals surface area (Å²) in [5.41, 5.74) is 0.817. The van der Waals surface area contributed by atoms with Gasteiger partial charge in [-0.25, -0.2) is 4.98 Å². The summed E-state index contributed by atoms with van der Waals surface area (Å²) in [4.78, 5) is 16.5. The van der Waals surface area contributed by atoms with Crippen molar-refractivity contribution in [2.75, 3.05) is 0 Å². The second kappa shape index (κ2) is 9.78. The molecule has 8 heteroatoms.